The Hall–Kier alpha value is -2.61. The van der Waals surface area contributed by atoms with Crippen LogP contribution in [-0.4, -0.2) is 44.4 Å². The van der Waals surface area contributed by atoms with Crippen LogP contribution in [-0.2, 0) is 21.8 Å². The highest BCUT2D eigenvalue weighted by Gasteiger charge is 2.49. The van der Waals surface area contributed by atoms with E-state index in [0.29, 0.717) is 12.8 Å². The summed E-state index contributed by atoms with van der Waals surface area (Å²) < 4.78 is 52.6. The summed E-state index contributed by atoms with van der Waals surface area (Å²) >= 11 is 0. The number of nitrogens with one attached hydrogen (secondary N) is 2. The highest BCUT2D eigenvalue weighted by molar-refractivity contribution is 7.85. The van der Waals surface area contributed by atoms with Crippen molar-refractivity contribution in [3.05, 3.63) is 29.8 Å². The molecule has 0 radical (unpaired) electrons. The molecule has 1 aromatic rings. The number of alkyl halides is 3. The molecule has 3 unspecified atom stereocenters. The molecule has 7 nitrogen and oxygen atoms in total. The van der Waals surface area contributed by atoms with E-state index in [9.17, 15) is 22.2 Å². The predicted molar refractivity (Wildman–Crippen MR) is 94.4 cm³/mol. The van der Waals surface area contributed by atoms with Crippen molar-refractivity contribution in [1.29, 1.82) is 10.7 Å². The first-order valence-corrected chi connectivity index (χ1v) is 9.70. The van der Waals surface area contributed by atoms with Gasteiger partial charge in [-0.1, -0.05) is 12.1 Å². The van der Waals surface area contributed by atoms with E-state index in [0.717, 1.165) is 12.1 Å². The smallest absolute Gasteiger partial charge is 0.370 e. The molecular weight excluding hydrogens is 395 g/mol. The second-order valence-electron chi connectivity index (χ2n) is 6.89. The molecule has 1 aliphatic heterocycles. The molecule has 0 aromatic heterocycles. The van der Waals surface area contributed by atoms with Gasteiger partial charge in [-0.25, -0.2) is 0 Å². The number of nitrogens with zero attached hydrogens (tertiary/aromatic N) is 2. The van der Waals surface area contributed by atoms with Gasteiger partial charge in [0.25, 0.3) is 0 Å². The van der Waals surface area contributed by atoms with Gasteiger partial charge in [0.15, 0.2) is 5.96 Å². The van der Waals surface area contributed by atoms with Crippen LogP contribution in [0, 0.1) is 16.7 Å². The van der Waals surface area contributed by atoms with Gasteiger partial charge in [0.1, 0.15) is 11.6 Å². The van der Waals surface area contributed by atoms with Gasteiger partial charge < -0.3 is 16.0 Å². The van der Waals surface area contributed by atoms with Crippen molar-refractivity contribution in [1.82, 2.24) is 10.2 Å². The van der Waals surface area contributed by atoms with Crippen LogP contribution in [0.15, 0.2) is 29.2 Å². The molecule has 1 aromatic carbocycles. The van der Waals surface area contributed by atoms with Crippen LogP contribution in [0.25, 0.3) is 0 Å². The Labute approximate surface area is 161 Å². The lowest BCUT2D eigenvalue weighted by Crippen LogP contribution is -2.51. The number of amides is 1. The quantitative estimate of drug-likeness (QED) is 0.508. The average molecular weight is 413 g/mol. The van der Waals surface area contributed by atoms with E-state index < -0.39 is 51.2 Å². The summed E-state index contributed by atoms with van der Waals surface area (Å²) in [6.45, 7) is -0.0915. The maximum absolute atomic E-state index is 13.2. The van der Waals surface area contributed by atoms with Gasteiger partial charge in [0.2, 0.25) is 5.91 Å². The van der Waals surface area contributed by atoms with Crippen LogP contribution < -0.4 is 11.1 Å². The van der Waals surface area contributed by atoms with Gasteiger partial charge in [-0.15, -0.1) is 0 Å². The largest absolute Gasteiger partial charge is 0.417 e. The Bertz CT molecular complexity index is 878. The lowest BCUT2D eigenvalue weighted by Gasteiger charge is -2.24. The molecule has 1 heterocycles. The van der Waals surface area contributed by atoms with E-state index >= 15 is 0 Å². The van der Waals surface area contributed by atoms with Crippen LogP contribution in [0.4, 0.5) is 13.2 Å². The third-order valence-corrected chi connectivity index (χ3v) is 6.65. The number of hydrogen-bond donors (Lipinski definition) is 3. The Morgan fingerprint density at radius 2 is 2.04 bits per heavy atom. The molecule has 2 aliphatic rings. The van der Waals surface area contributed by atoms with E-state index in [4.69, 9.17) is 16.4 Å². The summed E-state index contributed by atoms with van der Waals surface area (Å²) in [5, 5.41) is 18.6. The van der Waals surface area contributed by atoms with Crippen LogP contribution in [0.3, 0.4) is 0 Å². The van der Waals surface area contributed by atoms with E-state index in [1.807, 2.05) is 6.07 Å². The van der Waals surface area contributed by atoms with Crippen molar-refractivity contribution in [2.75, 3.05) is 6.54 Å². The number of likely N-dealkylation sites (tertiary alicyclic amines) is 1. The maximum atomic E-state index is 13.2. The molecule has 4 N–H and O–H groups in total. The molecule has 1 amide bonds. The molecule has 1 saturated carbocycles. The lowest BCUT2D eigenvalue weighted by atomic mass is 10.2. The van der Waals surface area contributed by atoms with Crippen molar-refractivity contribution >= 4 is 22.7 Å². The van der Waals surface area contributed by atoms with E-state index in [1.54, 1.807) is 0 Å². The van der Waals surface area contributed by atoms with E-state index in [-0.39, 0.29) is 17.9 Å². The van der Waals surface area contributed by atoms with Crippen LogP contribution >= 0.6 is 0 Å². The zero-order valence-corrected chi connectivity index (χ0v) is 15.4. The minimum Gasteiger partial charge on any atom is -0.370 e. The summed E-state index contributed by atoms with van der Waals surface area (Å²) in [6.07, 6.45) is -3.68. The zero-order valence-electron chi connectivity index (χ0n) is 14.6. The molecule has 1 aliphatic carbocycles. The molecule has 3 atom stereocenters. The molecule has 2 fully saturated rings. The third-order valence-electron chi connectivity index (χ3n) is 4.91. The van der Waals surface area contributed by atoms with Crippen molar-refractivity contribution in [2.24, 2.45) is 5.73 Å². The standard InChI is InChI=1S/C17H18F3N5O2S/c18-17(19,20)11-3-1-2-4-13(11)28(27)10-7-12(25(8-10)15(22)23)14(26)24-16(9-21)5-6-16/h1-4,10,12H,5-8H2,(H3,22,23)(H,24,26). The highest BCUT2D eigenvalue weighted by atomic mass is 32.2. The first-order chi connectivity index (χ1) is 13.1. The summed E-state index contributed by atoms with van der Waals surface area (Å²) in [5.74, 6) is -0.983. The van der Waals surface area contributed by atoms with Gasteiger partial charge in [-0.2, -0.15) is 18.4 Å². The SMILES string of the molecule is N#CC1(NC(=O)C2CC(S(=O)c3ccccc3C(F)(F)F)CN2C(=N)N)CC1. The Balaban J connectivity index is 1.83. The number of hydrogen-bond acceptors (Lipinski definition) is 4. The van der Waals surface area contributed by atoms with E-state index in [1.165, 1.54) is 17.0 Å². The van der Waals surface area contributed by atoms with Crippen LogP contribution in [0.2, 0.25) is 0 Å². The fourth-order valence-corrected chi connectivity index (χ4v) is 4.86. The predicted octanol–water partition coefficient (Wildman–Crippen LogP) is 1.32. The maximum Gasteiger partial charge on any atom is 0.417 e. The number of nitriles is 1. The summed E-state index contributed by atoms with van der Waals surface area (Å²) in [6, 6.07) is 5.65. The summed E-state index contributed by atoms with van der Waals surface area (Å²) in [7, 11) is -2.06. The topological polar surface area (TPSA) is 123 Å². The zero-order chi connectivity index (χ0) is 20.7. The molecule has 0 bridgehead atoms. The number of benzene rings is 1. The Kier molecular flexibility index (Phi) is 5.10. The number of rotatable bonds is 4. The third kappa shape index (κ3) is 3.82. The highest BCUT2D eigenvalue weighted by Crippen LogP contribution is 2.37. The molecule has 150 valence electrons. The monoisotopic (exact) mass is 413 g/mol. The molecule has 1 saturated heterocycles. The van der Waals surface area contributed by atoms with Crippen LogP contribution in [0.5, 0.6) is 0 Å². The second-order valence-corrected chi connectivity index (χ2v) is 8.59. The number of halogens is 3. The Morgan fingerprint density at radius 3 is 2.57 bits per heavy atom. The molecule has 3 rings (SSSR count). The van der Waals surface area contributed by atoms with Crippen molar-refractivity contribution in [3.63, 3.8) is 0 Å². The number of carbonyl (C=O) groups excluding carboxylic acids is 1. The van der Waals surface area contributed by atoms with Crippen molar-refractivity contribution in [2.45, 2.75) is 47.2 Å². The normalized spacial score (nSPS) is 24.3. The molecule has 0 spiro atoms. The molecule has 11 heteroatoms. The first-order valence-electron chi connectivity index (χ1n) is 8.49. The summed E-state index contributed by atoms with van der Waals surface area (Å²) in [5.41, 5.74) is 3.60. The minimum atomic E-state index is -4.66. The average Bonchev–Trinajstić information content (AvgIpc) is 3.26. The van der Waals surface area contributed by atoms with Gasteiger partial charge in [0, 0.05) is 6.54 Å². The van der Waals surface area contributed by atoms with Gasteiger partial charge in [-0.05, 0) is 31.4 Å². The molecular formula is C17H18F3N5O2S. The van der Waals surface area contributed by atoms with Gasteiger partial charge >= 0.3 is 6.18 Å². The van der Waals surface area contributed by atoms with Gasteiger partial charge in [0.05, 0.1) is 32.6 Å². The van der Waals surface area contributed by atoms with Crippen LogP contribution in [0.1, 0.15) is 24.8 Å². The number of carbonyl (C=O) groups is 1. The van der Waals surface area contributed by atoms with Crippen molar-refractivity contribution in [3.8, 4) is 6.07 Å². The van der Waals surface area contributed by atoms with Gasteiger partial charge in [-0.3, -0.25) is 14.4 Å². The summed E-state index contributed by atoms with van der Waals surface area (Å²) in [4.78, 5) is 13.4. The fraction of sp³-hybridized carbons (Fsp3) is 0.471. The first kappa shape index (κ1) is 20.1. The van der Waals surface area contributed by atoms with E-state index in [2.05, 4.69) is 5.32 Å². The number of guanidine groups is 1. The number of nitrogens with two attached hydrogens (primary N) is 1. The Morgan fingerprint density at radius 1 is 1.39 bits per heavy atom. The minimum absolute atomic E-state index is 0.0360. The fourth-order valence-electron chi connectivity index (χ4n) is 3.23. The molecule has 28 heavy (non-hydrogen) atoms. The van der Waals surface area contributed by atoms with Crippen molar-refractivity contribution < 1.29 is 22.2 Å². The lowest BCUT2D eigenvalue weighted by molar-refractivity contribution is -0.139. The second kappa shape index (κ2) is 7.09.